The van der Waals surface area contributed by atoms with Crippen molar-refractivity contribution < 1.29 is 8.42 Å². The molecule has 0 radical (unpaired) electrons. The lowest BCUT2D eigenvalue weighted by atomic mass is 10.1. The van der Waals surface area contributed by atoms with Crippen molar-refractivity contribution in [1.82, 2.24) is 0 Å². The van der Waals surface area contributed by atoms with Gasteiger partial charge in [-0.15, -0.1) is 11.8 Å². The third-order valence-electron chi connectivity index (χ3n) is 3.56. The number of aryl methyl sites for hydroxylation is 2. The normalized spacial score (nSPS) is 11.5. The lowest BCUT2D eigenvalue weighted by Crippen LogP contribution is -2.31. The van der Waals surface area contributed by atoms with Crippen molar-refractivity contribution in [3.63, 3.8) is 0 Å². The predicted molar refractivity (Wildman–Crippen MR) is 94.3 cm³/mol. The Labute approximate surface area is 137 Å². The predicted octanol–water partition coefficient (Wildman–Crippen LogP) is 4.24. The van der Waals surface area contributed by atoms with E-state index in [4.69, 9.17) is 0 Å². The van der Waals surface area contributed by atoms with Crippen LogP contribution in [0.5, 0.6) is 0 Å². The van der Waals surface area contributed by atoms with Crippen LogP contribution >= 0.6 is 11.8 Å². The standard InChI is InChI=1S/C17H21NO2S2/c1-5-18(17-11-6-13(2)12-14(17)3)22(19,20)16-9-7-15(21-4)8-10-16/h6-12H,5H2,1-4H3. The Morgan fingerprint density at radius 2 is 1.68 bits per heavy atom. The molecule has 5 heteroatoms. The maximum absolute atomic E-state index is 12.9. The first-order chi connectivity index (χ1) is 10.4. The van der Waals surface area contributed by atoms with Crippen LogP contribution < -0.4 is 4.31 Å². The van der Waals surface area contributed by atoms with Gasteiger partial charge in [0.15, 0.2) is 0 Å². The van der Waals surface area contributed by atoms with Crippen LogP contribution in [0.3, 0.4) is 0 Å². The molecule has 0 N–H and O–H groups in total. The summed E-state index contributed by atoms with van der Waals surface area (Å²) in [6, 6.07) is 12.9. The minimum atomic E-state index is -3.54. The molecule has 0 saturated carbocycles. The van der Waals surface area contributed by atoms with Crippen LogP contribution in [0.4, 0.5) is 5.69 Å². The number of anilines is 1. The highest BCUT2D eigenvalue weighted by Gasteiger charge is 2.24. The van der Waals surface area contributed by atoms with Crippen LogP contribution in [-0.4, -0.2) is 21.2 Å². The van der Waals surface area contributed by atoms with Gasteiger partial charge < -0.3 is 0 Å². The van der Waals surface area contributed by atoms with Gasteiger partial charge >= 0.3 is 0 Å². The number of benzene rings is 2. The minimum absolute atomic E-state index is 0.326. The fourth-order valence-electron chi connectivity index (χ4n) is 2.43. The zero-order chi connectivity index (χ0) is 16.3. The summed E-state index contributed by atoms with van der Waals surface area (Å²) in [6.07, 6.45) is 1.97. The van der Waals surface area contributed by atoms with Gasteiger partial charge in [-0.2, -0.15) is 0 Å². The van der Waals surface area contributed by atoms with Crippen LogP contribution in [0.25, 0.3) is 0 Å². The Bertz CT molecular complexity index is 753. The topological polar surface area (TPSA) is 37.4 Å². The van der Waals surface area contributed by atoms with E-state index in [-0.39, 0.29) is 0 Å². The molecule has 22 heavy (non-hydrogen) atoms. The van der Waals surface area contributed by atoms with Crippen molar-refractivity contribution in [3.8, 4) is 0 Å². The Morgan fingerprint density at radius 3 is 2.18 bits per heavy atom. The average molecular weight is 335 g/mol. The van der Waals surface area contributed by atoms with Crippen LogP contribution in [0.1, 0.15) is 18.1 Å². The average Bonchev–Trinajstić information content (AvgIpc) is 2.50. The molecular formula is C17H21NO2S2. The summed E-state index contributed by atoms with van der Waals surface area (Å²) in [7, 11) is -3.54. The molecule has 0 aliphatic heterocycles. The van der Waals surface area contributed by atoms with E-state index < -0.39 is 10.0 Å². The number of nitrogens with zero attached hydrogens (tertiary/aromatic N) is 1. The van der Waals surface area contributed by atoms with E-state index >= 15 is 0 Å². The van der Waals surface area contributed by atoms with E-state index in [1.165, 1.54) is 4.31 Å². The second-order valence-corrected chi connectivity index (χ2v) is 7.88. The monoisotopic (exact) mass is 335 g/mol. The van der Waals surface area contributed by atoms with Crippen LogP contribution in [0, 0.1) is 13.8 Å². The summed E-state index contributed by atoms with van der Waals surface area (Å²) in [5.41, 5.74) is 2.83. The first-order valence-corrected chi connectivity index (χ1v) is 9.80. The quantitative estimate of drug-likeness (QED) is 0.767. The summed E-state index contributed by atoms with van der Waals surface area (Å²) in [6.45, 7) is 6.20. The van der Waals surface area contributed by atoms with E-state index in [0.717, 1.165) is 21.7 Å². The van der Waals surface area contributed by atoms with E-state index in [1.807, 2.05) is 57.4 Å². The van der Waals surface area contributed by atoms with Gasteiger partial charge in [0, 0.05) is 11.4 Å². The lowest BCUT2D eigenvalue weighted by Gasteiger charge is -2.25. The van der Waals surface area contributed by atoms with Gasteiger partial charge in [-0.3, -0.25) is 4.31 Å². The van der Waals surface area contributed by atoms with E-state index in [0.29, 0.717) is 11.4 Å². The smallest absolute Gasteiger partial charge is 0.264 e. The molecule has 0 bridgehead atoms. The number of rotatable bonds is 5. The summed E-state index contributed by atoms with van der Waals surface area (Å²) in [5.74, 6) is 0. The molecule has 0 aliphatic rings. The maximum atomic E-state index is 12.9. The van der Waals surface area contributed by atoms with Crippen LogP contribution in [0.15, 0.2) is 52.3 Å². The zero-order valence-electron chi connectivity index (χ0n) is 13.3. The fraction of sp³-hybridized carbons (Fsp3) is 0.294. The SMILES string of the molecule is CCN(c1ccc(C)cc1C)S(=O)(=O)c1ccc(SC)cc1. The summed E-state index contributed by atoms with van der Waals surface area (Å²) >= 11 is 1.59. The molecule has 0 amide bonds. The van der Waals surface area contributed by atoms with Gasteiger partial charge in [-0.25, -0.2) is 8.42 Å². The number of hydrogen-bond acceptors (Lipinski definition) is 3. The molecule has 0 fully saturated rings. The molecule has 0 aliphatic carbocycles. The molecule has 0 heterocycles. The highest BCUT2D eigenvalue weighted by atomic mass is 32.2. The van der Waals surface area contributed by atoms with Gasteiger partial charge in [0.2, 0.25) is 0 Å². The van der Waals surface area contributed by atoms with Crippen molar-refractivity contribution in [1.29, 1.82) is 0 Å². The highest BCUT2D eigenvalue weighted by Crippen LogP contribution is 2.28. The first-order valence-electron chi connectivity index (χ1n) is 7.14. The molecule has 0 aromatic heterocycles. The maximum Gasteiger partial charge on any atom is 0.264 e. The molecule has 3 nitrogen and oxygen atoms in total. The third kappa shape index (κ3) is 3.31. The van der Waals surface area contributed by atoms with Gasteiger partial charge in [0.05, 0.1) is 10.6 Å². The van der Waals surface area contributed by atoms with Gasteiger partial charge in [0.25, 0.3) is 10.0 Å². The van der Waals surface area contributed by atoms with Crippen LogP contribution in [-0.2, 0) is 10.0 Å². The van der Waals surface area contributed by atoms with E-state index in [2.05, 4.69) is 0 Å². The molecule has 0 saturated heterocycles. The Hall–Kier alpha value is -1.46. The van der Waals surface area contributed by atoms with Crippen molar-refractivity contribution in [2.24, 2.45) is 0 Å². The molecule has 2 aromatic rings. The first kappa shape index (κ1) is 16.9. The fourth-order valence-corrected chi connectivity index (χ4v) is 4.38. The summed E-state index contributed by atoms with van der Waals surface area (Å²) in [4.78, 5) is 1.38. The molecular weight excluding hydrogens is 314 g/mol. The zero-order valence-corrected chi connectivity index (χ0v) is 15.0. The molecule has 0 spiro atoms. The second kappa shape index (κ2) is 6.75. The largest absolute Gasteiger partial charge is 0.266 e. The Kier molecular flexibility index (Phi) is 5.19. The Balaban J connectivity index is 2.48. The Morgan fingerprint density at radius 1 is 1.05 bits per heavy atom. The molecule has 0 atom stereocenters. The third-order valence-corrected chi connectivity index (χ3v) is 6.20. The second-order valence-electron chi connectivity index (χ2n) is 5.14. The van der Waals surface area contributed by atoms with Crippen molar-refractivity contribution in [2.75, 3.05) is 17.1 Å². The minimum Gasteiger partial charge on any atom is -0.266 e. The molecule has 0 unspecified atom stereocenters. The molecule has 2 rings (SSSR count). The van der Waals surface area contributed by atoms with Gasteiger partial charge in [-0.1, -0.05) is 17.7 Å². The molecule has 118 valence electrons. The highest BCUT2D eigenvalue weighted by molar-refractivity contribution is 7.98. The lowest BCUT2D eigenvalue weighted by molar-refractivity contribution is 0.591. The van der Waals surface area contributed by atoms with Crippen molar-refractivity contribution in [3.05, 3.63) is 53.6 Å². The van der Waals surface area contributed by atoms with Gasteiger partial charge in [0.1, 0.15) is 0 Å². The van der Waals surface area contributed by atoms with Crippen molar-refractivity contribution in [2.45, 2.75) is 30.6 Å². The number of sulfonamides is 1. The van der Waals surface area contributed by atoms with E-state index in [1.54, 1.807) is 23.9 Å². The van der Waals surface area contributed by atoms with E-state index in [9.17, 15) is 8.42 Å². The number of hydrogen-bond donors (Lipinski definition) is 0. The molecule has 2 aromatic carbocycles. The van der Waals surface area contributed by atoms with Crippen molar-refractivity contribution >= 4 is 27.5 Å². The van der Waals surface area contributed by atoms with Gasteiger partial charge in [-0.05, 0) is 62.9 Å². The number of thioether (sulfide) groups is 1. The summed E-state index contributed by atoms with van der Waals surface area (Å²) < 4.78 is 27.3. The summed E-state index contributed by atoms with van der Waals surface area (Å²) in [5, 5.41) is 0. The van der Waals surface area contributed by atoms with Crippen LogP contribution in [0.2, 0.25) is 0 Å².